The van der Waals surface area contributed by atoms with Crippen LogP contribution in [0.5, 0.6) is 0 Å². The van der Waals surface area contributed by atoms with Gasteiger partial charge in [0, 0.05) is 12.6 Å². The van der Waals surface area contributed by atoms with E-state index >= 15 is 0 Å². The lowest BCUT2D eigenvalue weighted by atomic mass is 9.89. The van der Waals surface area contributed by atoms with Crippen LogP contribution in [-0.4, -0.2) is 43.3 Å². The second-order valence-electron chi connectivity index (χ2n) is 5.87. The summed E-state index contributed by atoms with van der Waals surface area (Å²) in [5.41, 5.74) is 0. The van der Waals surface area contributed by atoms with E-state index in [1.165, 1.54) is 26.4 Å². The van der Waals surface area contributed by atoms with Gasteiger partial charge in [0.2, 0.25) is 5.76 Å². The Morgan fingerprint density at radius 2 is 2.19 bits per heavy atom. The number of fused-ring (bicyclic) bond motifs is 1. The molecular weight excluding hydrogens is 270 g/mol. The van der Waals surface area contributed by atoms with Crippen LogP contribution in [0.3, 0.4) is 0 Å². The number of nitrogens with zero attached hydrogens (tertiary/aromatic N) is 1. The van der Waals surface area contributed by atoms with Crippen molar-refractivity contribution < 1.29 is 18.7 Å². The molecule has 0 spiro atoms. The monoisotopic (exact) mass is 293 g/mol. The molecule has 2 heterocycles. The summed E-state index contributed by atoms with van der Waals surface area (Å²) in [5.74, 6) is 0.667. The minimum Gasteiger partial charge on any atom is -0.463 e. The first-order valence-electron chi connectivity index (χ1n) is 7.76. The number of carbonyl (C=O) groups is 1. The second kappa shape index (κ2) is 6.20. The summed E-state index contributed by atoms with van der Waals surface area (Å²) in [6, 6.07) is 4.19. The van der Waals surface area contributed by atoms with Crippen molar-refractivity contribution in [2.45, 2.75) is 50.8 Å². The minimum atomic E-state index is -0.425. The molecule has 21 heavy (non-hydrogen) atoms. The van der Waals surface area contributed by atoms with Gasteiger partial charge < -0.3 is 13.9 Å². The Labute approximate surface area is 125 Å². The second-order valence-corrected chi connectivity index (χ2v) is 5.87. The Hall–Kier alpha value is -1.33. The number of morpholine rings is 1. The average molecular weight is 293 g/mol. The quantitative estimate of drug-likeness (QED) is 0.802. The fourth-order valence-corrected chi connectivity index (χ4v) is 3.56. The fraction of sp³-hybridized carbons (Fsp3) is 0.688. The number of hydrogen-bond donors (Lipinski definition) is 0. The summed E-state index contributed by atoms with van der Waals surface area (Å²) >= 11 is 0. The van der Waals surface area contributed by atoms with Crippen LogP contribution in [0.1, 0.15) is 55.0 Å². The maximum absolute atomic E-state index is 11.5. The number of hydrogen-bond acceptors (Lipinski definition) is 5. The van der Waals surface area contributed by atoms with Gasteiger partial charge in [-0.3, -0.25) is 4.90 Å². The van der Waals surface area contributed by atoms with Gasteiger partial charge in [-0.1, -0.05) is 12.8 Å². The minimum absolute atomic E-state index is 0.151. The molecule has 116 valence electrons. The lowest BCUT2D eigenvalue weighted by Gasteiger charge is -2.46. The lowest BCUT2D eigenvalue weighted by Crippen LogP contribution is -2.53. The molecule has 1 saturated carbocycles. The third-order valence-corrected chi connectivity index (χ3v) is 4.70. The first-order chi connectivity index (χ1) is 10.2. The smallest absolute Gasteiger partial charge is 0.373 e. The SMILES string of the molecule is COC(=O)c1ccc(C(C)N2CCOC3CCCCC32)o1. The van der Waals surface area contributed by atoms with Crippen LogP contribution < -0.4 is 0 Å². The maximum Gasteiger partial charge on any atom is 0.373 e. The number of esters is 1. The highest BCUT2D eigenvalue weighted by Gasteiger charge is 2.37. The highest BCUT2D eigenvalue weighted by atomic mass is 16.5. The molecule has 2 fully saturated rings. The van der Waals surface area contributed by atoms with Crippen molar-refractivity contribution in [1.82, 2.24) is 4.90 Å². The fourth-order valence-electron chi connectivity index (χ4n) is 3.56. The van der Waals surface area contributed by atoms with Crippen molar-refractivity contribution in [2.75, 3.05) is 20.3 Å². The Morgan fingerprint density at radius 1 is 1.38 bits per heavy atom. The van der Waals surface area contributed by atoms with Crippen LogP contribution in [0.4, 0.5) is 0 Å². The van der Waals surface area contributed by atoms with Crippen LogP contribution >= 0.6 is 0 Å². The van der Waals surface area contributed by atoms with Crippen LogP contribution in [0.15, 0.2) is 16.5 Å². The zero-order valence-corrected chi connectivity index (χ0v) is 12.7. The highest BCUT2D eigenvalue weighted by molar-refractivity contribution is 5.86. The van der Waals surface area contributed by atoms with E-state index in [4.69, 9.17) is 13.9 Å². The molecule has 0 aromatic carbocycles. The zero-order valence-electron chi connectivity index (χ0n) is 12.7. The third kappa shape index (κ3) is 2.85. The van der Waals surface area contributed by atoms with Crippen LogP contribution in [0.25, 0.3) is 0 Å². The van der Waals surface area contributed by atoms with Gasteiger partial charge in [0.25, 0.3) is 0 Å². The number of furan rings is 1. The third-order valence-electron chi connectivity index (χ3n) is 4.70. The average Bonchev–Trinajstić information content (AvgIpc) is 3.03. The molecule has 3 rings (SSSR count). The first-order valence-corrected chi connectivity index (χ1v) is 7.76. The Balaban J connectivity index is 1.75. The number of methoxy groups -OCH3 is 1. The molecule has 1 aromatic heterocycles. The van der Waals surface area contributed by atoms with E-state index in [1.807, 2.05) is 6.07 Å². The summed E-state index contributed by atoms with van der Waals surface area (Å²) in [5, 5.41) is 0. The van der Waals surface area contributed by atoms with Gasteiger partial charge in [0.15, 0.2) is 0 Å². The van der Waals surface area contributed by atoms with Gasteiger partial charge in [-0.25, -0.2) is 4.79 Å². The van der Waals surface area contributed by atoms with Crippen molar-refractivity contribution in [3.05, 3.63) is 23.7 Å². The topological polar surface area (TPSA) is 51.9 Å². The molecule has 2 aliphatic rings. The van der Waals surface area contributed by atoms with Crippen molar-refractivity contribution in [3.63, 3.8) is 0 Å². The van der Waals surface area contributed by atoms with Gasteiger partial charge in [-0.05, 0) is 31.9 Å². The molecule has 1 aliphatic carbocycles. The maximum atomic E-state index is 11.5. The number of ether oxygens (including phenoxy) is 2. The summed E-state index contributed by atoms with van der Waals surface area (Å²) < 4.78 is 16.3. The Kier molecular flexibility index (Phi) is 4.31. The summed E-state index contributed by atoms with van der Waals surface area (Å²) in [7, 11) is 1.36. The Bertz CT molecular complexity index is 496. The van der Waals surface area contributed by atoms with Gasteiger partial charge in [-0.15, -0.1) is 0 Å². The molecule has 3 unspecified atom stereocenters. The van der Waals surface area contributed by atoms with Crippen molar-refractivity contribution in [2.24, 2.45) is 0 Å². The predicted octanol–water partition coefficient (Wildman–Crippen LogP) is 2.77. The van der Waals surface area contributed by atoms with Crippen molar-refractivity contribution in [3.8, 4) is 0 Å². The largest absolute Gasteiger partial charge is 0.463 e. The summed E-state index contributed by atoms with van der Waals surface area (Å²) in [6.07, 6.45) is 5.21. The van der Waals surface area contributed by atoms with Gasteiger partial charge in [0.1, 0.15) is 5.76 Å². The van der Waals surface area contributed by atoms with Crippen LogP contribution in [0, 0.1) is 0 Å². The molecule has 1 aliphatic heterocycles. The van der Waals surface area contributed by atoms with Gasteiger partial charge in [-0.2, -0.15) is 0 Å². The molecule has 5 heteroatoms. The molecule has 3 atom stereocenters. The van der Waals surface area contributed by atoms with E-state index in [9.17, 15) is 4.79 Å². The predicted molar refractivity (Wildman–Crippen MR) is 77.2 cm³/mol. The summed E-state index contributed by atoms with van der Waals surface area (Å²) in [4.78, 5) is 14.0. The molecule has 0 amide bonds. The van der Waals surface area contributed by atoms with Gasteiger partial charge in [0.05, 0.1) is 25.9 Å². The highest BCUT2D eigenvalue weighted by Crippen LogP contribution is 2.34. The zero-order chi connectivity index (χ0) is 14.8. The van der Waals surface area contributed by atoms with Gasteiger partial charge >= 0.3 is 5.97 Å². The molecule has 5 nitrogen and oxygen atoms in total. The van der Waals surface area contributed by atoms with Crippen molar-refractivity contribution in [1.29, 1.82) is 0 Å². The number of rotatable bonds is 3. The molecular formula is C16H23NO4. The van der Waals surface area contributed by atoms with Crippen LogP contribution in [-0.2, 0) is 9.47 Å². The van der Waals surface area contributed by atoms with E-state index in [2.05, 4.69) is 11.8 Å². The normalized spacial score (nSPS) is 27.9. The molecule has 0 bridgehead atoms. The first kappa shape index (κ1) is 14.6. The van der Waals surface area contributed by atoms with E-state index in [0.29, 0.717) is 12.1 Å². The van der Waals surface area contributed by atoms with E-state index in [0.717, 1.165) is 25.3 Å². The molecule has 1 saturated heterocycles. The molecule has 1 aromatic rings. The standard InChI is InChI=1S/C16H23NO4/c1-11(13-7-8-15(21-13)16(18)19-2)17-9-10-20-14-6-4-3-5-12(14)17/h7-8,11-12,14H,3-6,9-10H2,1-2H3. The van der Waals surface area contributed by atoms with Crippen LogP contribution in [0.2, 0.25) is 0 Å². The Morgan fingerprint density at radius 3 is 3.00 bits per heavy atom. The number of carbonyl (C=O) groups excluding carboxylic acids is 1. The summed E-state index contributed by atoms with van der Waals surface area (Å²) in [6.45, 7) is 3.82. The molecule has 0 N–H and O–H groups in total. The van der Waals surface area contributed by atoms with Crippen molar-refractivity contribution >= 4 is 5.97 Å². The lowest BCUT2D eigenvalue weighted by molar-refractivity contribution is -0.103. The van der Waals surface area contributed by atoms with E-state index in [-0.39, 0.29) is 11.8 Å². The van der Waals surface area contributed by atoms with E-state index < -0.39 is 5.97 Å². The molecule has 0 radical (unpaired) electrons. The van der Waals surface area contributed by atoms with E-state index in [1.54, 1.807) is 6.07 Å².